The quantitative estimate of drug-likeness (QED) is 0.432. The summed E-state index contributed by atoms with van der Waals surface area (Å²) in [6, 6.07) is 0. The van der Waals surface area contributed by atoms with Crippen LogP contribution in [0.4, 0.5) is 0 Å². The van der Waals surface area contributed by atoms with Gasteiger partial charge in [-0.2, -0.15) is 0 Å². The molecule has 1 atom stereocenters. The minimum atomic E-state index is -0.271. The average Bonchev–Trinajstić information content (AvgIpc) is 2.91. The van der Waals surface area contributed by atoms with Gasteiger partial charge in [-0.1, -0.05) is 49.9 Å². The number of nitrogens with zero attached hydrogens (tertiary/aromatic N) is 3. The fourth-order valence-electron chi connectivity index (χ4n) is 2.90. The summed E-state index contributed by atoms with van der Waals surface area (Å²) in [7, 11) is 0. The van der Waals surface area contributed by atoms with E-state index in [1.54, 1.807) is 6.08 Å². The van der Waals surface area contributed by atoms with Gasteiger partial charge in [0, 0.05) is 13.0 Å². The highest BCUT2D eigenvalue weighted by molar-refractivity contribution is 8.00. The molecule has 0 saturated heterocycles. The molecule has 0 bridgehead atoms. The lowest BCUT2D eigenvalue weighted by atomic mass is 9.86. The van der Waals surface area contributed by atoms with Gasteiger partial charge in [0.05, 0.1) is 5.25 Å². The number of nitrogens with one attached hydrogen (secondary N) is 1. The molecule has 128 valence electrons. The predicted octanol–water partition coefficient (Wildman–Crippen LogP) is 2.29. The Labute approximate surface area is 142 Å². The summed E-state index contributed by atoms with van der Waals surface area (Å²) in [6.07, 6.45) is 10.3. The fourth-order valence-corrected chi connectivity index (χ4v) is 3.71. The Morgan fingerprint density at radius 2 is 2.22 bits per heavy atom. The first-order valence-electron chi connectivity index (χ1n) is 8.36. The molecule has 1 aliphatic rings. The van der Waals surface area contributed by atoms with Crippen molar-refractivity contribution in [3.8, 4) is 0 Å². The standard InChI is InChI=1S/C16H27N5OS/c1-3-11-18-15(22)12(2)23-16-20-19-14(21(16)17)10-9-13-7-5-4-6-8-13/h3,12-13H,1,4-11,17H2,2H3,(H,18,22)/t12-/m0/s1. The van der Waals surface area contributed by atoms with E-state index in [4.69, 9.17) is 5.84 Å². The van der Waals surface area contributed by atoms with E-state index in [1.165, 1.54) is 48.5 Å². The first kappa shape index (κ1) is 17.8. The van der Waals surface area contributed by atoms with Crippen LogP contribution >= 0.6 is 11.8 Å². The molecule has 1 aromatic heterocycles. The smallest absolute Gasteiger partial charge is 0.233 e. The Kier molecular flexibility index (Phi) is 6.95. The van der Waals surface area contributed by atoms with E-state index in [9.17, 15) is 4.79 Å². The van der Waals surface area contributed by atoms with Gasteiger partial charge in [-0.25, -0.2) is 4.68 Å². The molecule has 1 amide bonds. The van der Waals surface area contributed by atoms with Crippen molar-refractivity contribution in [1.82, 2.24) is 20.2 Å². The number of amides is 1. The number of carbonyl (C=O) groups is 1. The minimum absolute atomic E-state index is 0.0540. The number of hydrogen-bond donors (Lipinski definition) is 2. The zero-order chi connectivity index (χ0) is 16.7. The molecule has 2 rings (SSSR count). The van der Waals surface area contributed by atoms with Gasteiger partial charge in [-0.15, -0.1) is 16.8 Å². The van der Waals surface area contributed by atoms with E-state index in [0.29, 0.717) is 11.7 Å². The van der Waals surface area contributed by atoms with Gasteiger partial charge < -0.3 is 11.2 Å². The summed E-state index contributed by atoms with van der Waals surface area (Å²) in [4.78, 5) is 11.9. The molecule has 1 fully saturated rings. The second kappa shape index (κ2) is 8.96. The van der Waals surface area contributed by atoms with Crippen LogP contribution in [0.1, 0.15) is 51.3 Å². The highest BCUT2D eigenvalue weighted by Gasteiger charge is 2.20. The first-order valence-corrected chi connectivity index (χ1v) is 9.24. The average molecular weight is 337 g/mol. The molecule has 0 spiro atoms. The van der Waals surface area contributed by atoms with Crippen LogP contribution in [0.25, 0.3) is 0 Å². The third-order valence-corrected chi connectivity index (χ3v) is 5.36. The number of aryl methyl sites for hydroxylation is 1. The van der Waals surface area contributed by atoms with Gasteiger partial charge in [0.1, 0.15) is 0 Å². The van der Waals surface area contributed by atoms with E-state index in [-0.39, 0.29) is 11.2 Å². The number of hydrogen-bond acceptors (Lipinski definition) is 5. The van der Waals surface area contributed by atoms with Crippen molar-refractivity contribution in [3.05, 3.63) is 18.5 Å². The van der Waals surface area contributed by atoms with Crippen molar-refractivity contribution in [2.75, 3.05) is 12.4 Å². The maximum absolute atomic E-state index is 11.9. The lowest BCUT2D eigenvalue weighted by Crippen LogP contribution is -2.31. The molecular weight excluding hydrogens is 310 g/mol. The molecule has 0 aromatic carbocycles. The molecule has 7 heteroatoms. The lowest BCUT2D eigenvalue weighted by molar-refractivity contribution is -0.120. The van der Waals surface area contributed by atoms with Gasteiger partial charge in [0.15, 0.2) is 5.82 Å². The molecule has 1 heterocycles. The van der Waals surface area contributed by atoms with Crippen molar-refractivity contribution < 1.29 is 4.79 Å². The molecular formula is C16H27N5OS. The van der Waals surface area contributed by atoms with Crippen LogP contribution in [-0.4, -0.2) is 32.6 Å². The number of nitrogen functional groups attached to an aromatic ring is 1. The van der Waals surface area contributed by atoms with E-state index >= 15 is 0 Å². The minimum Gasteiger partial charge on any atom is -0.352 e. The Hall–Kier alpha value is -1.50. The predicted molar refractivity (Wildman–Crippen MR) is 93.6 cm³/mol. The Bertz CT molecular complexity index is 525. The number of rotatable bonds is 8. The molecule has 0 unspecified atom stereocenters. The summed E-state index contributed by atoms with van der Waals surface area (Å²) in [5.41, 5.74) is 0. The number of carbonyl (C=O) groups excluding carboxylic acids is 1. The molecule has 1 aliphatic carbocycles. The fraction of sp³-hybridized carbons (Fsp3) is 0.688. The SMILES string of the molecule is C=CCNC(=O)[C@H](C)Sc1nnc(CCC2CCCCC2)n1N. The maximum atomic E-state index is 11.9. The molecule has 0 radical (unpaired) electrons. The van der Waals surface area contributed by atoms with E-state index < -0.39 is 0 Å². The largest absolute Gasteiger partial charge is 0.352 e. The molecule has 1 aromatic rings. The highest BCUT2D eigenvalue weighted by Crippen LogP contribution is 2.28. The normalized spacial score (nSPS) is 16.9. The third-order valence-electron chi connectivity index (χ3n) is 4.31. The van der Waals surface area contributed by atoms with E-state index in [1.807, 2.05) is 6.92 Å². The first-order chi connectivity index (χ1) is 11.1. The summed E-state index contributed by atoms with van der Waals surface area (Å²) < 4.78 is 1.53. The summed E-state index contributed by atoms with van der Waals surface area (Å²) in [5.74, 6) is 7.63. The molecule has 3 N–H and O–H groups in total. The monoisotopic (exact) mass is 337 g/mol. The Morgan fingerprint density at radius 1 is 1.48 bits per heavy atom. The van der Waals surface area contributed by atoms with Crippen molar-refractivity contribution in [1.29, 1.82) is 0 Å². The van der Waals surface area contributed by atoms with Gasteiger partial charge in [0.2, 0.25) is 11.1 Å². The molecule has 0 aliphatic heterocycles. The lowest BCUT2D eigenvalue weighted by Gasteiger charge is -2.20. The second-order valence-electron chi connectivity index (χ2n) is 6.11. The van der Waals surface area contributed by atoms with Crippen molar-refractivity contribution in [2.45, 2.75) is 62.3 Å². The summed E-state index contributed by atoms with van der Waals surface area (Å²) in [6.45, 7) is 5.88. The number of aromatic nitrogens is 3. The van der Waals surface area contributed by atoms with E-state index in [2.05, 4.69) is 22.1 Å². The maximum Gasteiger partial charge on any atom is 0.233 e. The second-order valence-corrected chi connectivity index (χ2v) is 7.41. The van der Waals surface area contributed by atoms with Crippen LogP contribution in [0, 0.1) is 5.92 Å². The van der Waals surface area contributed by atoms with Gasteiger partial charge >= 0.3 is 0 Å². The van der Waals surface area contributed by atoms with E-state index in [0.717, 1.165) is 24.6 Å². The Morgan fingerprint density at radius 3 is 2.91 bits per heavy atom. The van der Waals surface area contributed by atoms with Crippen molar-refractivity contribution in [3.63, 3.8) is 0 Å². The van der Waals surface area contributed by atoms with Gasteiger partial charge in [0.25, 0.3) is 0 Å². The van der Waals surface area contributed by atoms with Crippen LogP contribution in [0.3, 0.4) is 0 Å². The van der Waals surface area contributed by atoms with Crippen molar-refractivity contribution in [2.24, 2.45) is 5.92 Å². The van der Waals surface area contributed by atoms with Gasteiger partial charge in [-0.3, -0.25) is 4.79 Å². The summed E-state index contributed by atoms with van der Waals surface area (Å²) in [5, 5.41) is 11.4. The van der Waals surface area contributed by atoms with Crippen LogP contribution in [0.5, 0.6) is 0 Å². The number of nitrogens with two attached hydrogens (primary N) is 1. The topological polar surface area (TPSA) is 85.8 Å². The van der Waals surface area contributed by atoms with Crippen LogP contribution in [-0.2, 0) is 11.2 Å². The Balaban J connectivity index is 1.85. The van der Waals surface area contributed by atoms with Crippen LogP contribution in [0.15, 0.2) is 17.8 Å². The van der Waals surface area contributed by atoms with Crippen LogP contribution in [0.2, 0.25) is 0 Å². The summed E-state index contributed by atoms with van der Waals surface area (Å²) >= 11 is 1.33. The zero-order valence-electron chi connectivity index (χ0n) is 13.8. The zero-order valence-corrected chi connectivity index (χ0v) is 14.6. The number of thioether (sulfide) groups is 1. The van der Waals surface area contributed by atoms with Gasteiger partial charge in [-0.05, 0) is 19.3 Å². The third kappa shape index (κ3) is 5.27. The molecule has 6 nitrogen and oxygen atoms in total. The van der Waals surface area contributed by atoms with Crippen molar-refractivity contribution >= 4 is 17.7 Å². The molecule has 1 saturated carbocycles. The van der Waals surface area contributed by atoms with Crippen LogP contribution < -0.4 is 11.2 Å². The highest BCUT2D eigenvalue weighted by atomic mass is 32.2. The molecule has 23 heavy (non-hydrogen) atoms.